The van der Waals surface area contributed by atoms with Gasteiger partial charge in [-0.1, -0.05) is 0 Å². The highest BCUT2D eigenvalue weighted by Gasteiger charge is 2.19. The van der Waals surface area contributed by atoms with E-state index in [1.54, 1.807) is 0 Å². The summed E-state index contributed by atoms with van der Waals surface area (Å²) in [6.07, 6.45) is 1.95. The van der Waals surface area contributed by atoms with Crippen molar-refractivity contribution in [2.45, 2.75) is 12.8 Å². The topological polar surface area (TPSA) is 52.3 Å². The van der Waals surface area contributed by atoms with Gasteiger partial charge in [-0.15, -0.1) is 0 Å². The fourth-order valence-corrected chi connectivity index (χ4v) is 1.16. The Bertz CT molecular complexity index is 119. The van der Waals surface area contributed by atoms with Gasteiger partial charge < -0.3 is 10.5 Å². The molecule has 0 amide bonds. The Morgan fingerprint density at radius 1 is 1.70 bits per heavy atom. The molecule has 1 rings (SSSR count). The van der Waals surface area contributed by atoms with E-state index < -0.39 is 0 Å². The van der Waals surface area contributed by atoms with E-state index in [1.165, 1.54) is 0 Å². The second-order valence-electron chi connectivity index (χ2n) is 2.58. The van der Waals surface area contributed by atoms with Crippen molar-refractivity contribution in [3.63, 3.8) is 0 Å². The fraction of sp³-hybridized carbons (Fsp3) is 0.857. The van der Waals surface area contributed by atoms with E-state index in [0.29, 0.717) is 6.61 Å². The molecule has 1 atom stereocenters. The van der Waals surface area contributed by atoms with Crippen molar-refractivity contribution in [1.29, 1.82) is 0 Å². The SMILES string of the molecule is NCC(=O)C1CCCOC1. The van der Waals surface area contributed by atoms with Gasteiger partial charge in [0.15, 0.2) is 5.78 Å². The van der Waals surface area contributed by atoms with Crippen LogP contribution in [0.4, 0.5) is 0 Å². The third kappa shape index (κ3) is 1.78. The third-order valence-corrected chi connectivity index (χ3v) is 1.82. The maximum absolute atomic E-state index is 11.0. The third-order valence-electron chi connectivity index (χ3n) is 1.82. The molecule has 1 unspecified atom stereocenters. The minimum absolute atomic E-state index is 0.0822. The summed E-state index contributed by atoms with van der Waals surface area (Å²) in [4.78, 5) is 11.0. The second kappa shape index (κ2) is 3.68. The van der Waals surface area contributed by atoms with Crippen LogP contribution in [-0.4, -0.2) is 25.5 Å². The Labute approximate surface area is 60.5 Å². The smallest absolute Gasteiger partial charge is 0.151 e. The number of hydrogen-bond donors (Lipinski definition) is 1. The number of rotatable bonds is 2. The molecule has 0 bridgehead atoms. The van der Waals surface area contributed by atoms with Crippen LogP contribution in [0.25, 0.3) is 0 Å². The second-order valence-corrected chi connectivity index (χ2v) is 2.58. The first-order chi connectivity index (χ1) is 4.84. The Hall–Kier alpha value is -0.410. The zero-order valence-electron chi connectivity index (χ0n) is 6.01. The molecule has 1 aliphatic heterocycles. The zero-order valence-corrected chi connectivity index (χ0v) is 6.01. The van der Waals surface area contributed by atoms with Crippen LogP contribution >= 0.6 is 0 Å². The number of carbonyl (C=O) groups excluding carboxylic acids is 1. The molecule has 1 aliphatic rings. The molecular weight excluding hydrogens is 130 g/mol. The van der Waals surface area contributed by atoms with Crippen LogP contribution < -0.4 is 5.73 Å². The van der Waals surface area contributed by atoms with Crippen LogP contribution in [0.1, 0.15) is 12.8 Å². The molecule has 0 radical (unpaired) electrons. The molecule has 0 aromatic heterocycles. The van der Waals surface area contributed by atoms with Gasteiger partial charge in [0.05, 0.1) is 13.2 Å². The zero-order chi connectivity index (χ0) is 7.40. The number of hydrogen-bond acceptors (Lipinski definition) is 3. The normalized spacial score (nSPS) is 26.3. The van der Waals surface area contributed by atoms with Crippen LogP contribution in [0.2, 0.25) is 0 Å². The predicted molar refractivity (Wildman–Crippen MR) is 37.6 cm³/mol. The molecule has 0 spiro atoms. The Morgan fingerprint density at radius 3 is 3.00 bits per heavy atom. The number of carbonyl (C=O) groups is 1. The van der Waals surface area contributed by atoms with Gasteiger partial charge >= 0.3 is 0 Å². The van der Waals surface area contributed by atoms with E-state index in [0.717, 1.165) is 19.4 Å². The van der Waals surface area contributed by atoms with Gasteiger partial charge in [-0.3, -0.25) is 4.79 Å². The molecule has 1 saturated heterocycles. The highest BCUT2D eigenvalue weighted by atomic mass is 16.5. The Kier molecular flexibility index (Phi) is 2.83. The molecule has 58 valence electrons. The first kappa shape index (κ1) is 7.69. The molecule has 0 aliphatic carbocycles. The van der Waals surface area contributed by atoms with Gasteiger partial charge in [0.25, 0.3) is 0 Å². The predicted octanol–water partition coefficient (Wildman–Crippen LogP) is -0.0592. The van der Waals surface area contributed by atoms with Crippen molar-refractivity contribution in [2.75, 3.05) is 19.8 Å². The summed E-state index contributed by atoms with van der Waals surface area (Å²) < 4.78 is 5.13. The number of Topliss-reactive ketones (excluding diaryl/α,β-unsaturated/α-hetero) is 1. The van der Waals surface area contributed by atoms with E-state index in [-0.39, 0.29) is 18.2 Å². The molecule has 0 aromatic rings. The fourth-order valence-electron chi connectivity index (χ4n) is 1.16. The van der Waals surface area contributed by atoms with Gasteiger partial charge in [-0.25, -0.2) is 0 Å². The van der Waals surface area contributed by atoms with Crippen LogP contribution in [0.3, 0.4) is 0 Å². The minimum Gasteiger partial charge on any atom is -0.381 e. The van der Waals surface area contributed by atoms with E-state index in [9.17, 15) is 4.79 Å². The van der Waals surface area contributed by atoms with Crippen LogP contribution in [0.15, 0.2) is 0 Å². The van der Waals surface area contributed by atoms with Crippen molar-refractivity contribution < 1.29 is 9.53 Å². The van der Waals surface area contributed by atoms with Crippen molar-refractivity contribution >= 4 is 5.78 Å². The molecule has 1 heterocycles. The maximum Gasteiger partial charge on any atom is 0.151 e. The molecule has 1 fully saturated rings. The van der Waals surface area contributed by atoms with E-state index in [4.69, 9.17) is 10.5 Å². The molecule has 3 heteroatoms. The largest absolute Gasteiger partial charge is 0.381 e. The summed E-state index contributed by atoms with van der Waals surface area (Å²) in [7, 11) is 0. The minimum atomic E-state index is 0.0822. The lowest BCUT2D eigenvalue weighted by Crippen LogP contribution is -2.30. The average molecular weight is 143 g/mol. The first-order valence-electron chi connectivity index (χ1n) is 3.65. The molecule has 10 heavy (non-hydrogen) atoms. The van der Waals surface area contributed by atoms with Crippen LogP contribution in [-0.2, 0) is 9.53 Å². The van der Waals surface area contributed by atoms with Crippen molar-refractivity contribution in [1.82, 2.24) is 0 Å². The van der Waals surface area contributed by atoms with Crippen molar-refractivity contribution in [2.24, 2.45) is 11.7 Å². The summed E-state index contributed by atoms with van der Waals surface area (Å²) in [5.74, 6) is 0.221. The van der Waals surface area contributed by atoms with Gasteiger partial charge in [0.2, 0.25) is 0 Å². The standard InChI is InChI=1S/C7H13NO2/c8-4-7(9)6-2-1-3-10-5-6/h6H,1-5,8H2. The van der Waals surface area contributed by atoms with E-state index >= 15 is 0 Å². The number of ether oxygens (including phenoxy) is 1. The lowest BCUT2D eigenvalue weighted by molar-refractivity contribution is -0.125. The first-order valence-corrected chi connectivity index (χ1v) is 3.65. The summed E-state index contributed by atoms with van der Waals surface area (Å²) in [6, 6.07) is 0. The molecule has 0 aromatic carbocycles. The van der Waals surface area contributed by atoms with Crippen molar-refractivity contribution in [3.8, 4) is 0 Å². The summed E-state index contributed by atoms with van der Waals surface area (Å²) in [5, 5.41) is 0. The van der Waals surface area contributed by atoms with Gasteiger partial charge in [0, 0.05) is 12.5 Å². The molecular formula is C7H13NO2. The molecule has 2 N–H and O–H groups in total. The van der Waals surface area contributed by atoms with E-state index in [2.05, 4.69) is 0 Å². The highest BCUT2D eigenvalue weighted by Crippen LogP contribution is 2.13. The highest BCUT2D eigenvalue weighted by molar-refractivity contribution is 5.82. The van der Waals surface area contributed by atoms with Gasteiger partial charge in [0.1, 0.15) is 0 Å². The monoisotopic (exact) mass is 143 g/mol. The average Bonchev–Trinajstić information content (AvgIpc) is 2.05. The summed E-state index contributed by atoms with van der Waals surface area (Å²) >= 11 is 0. The number of nitrogens with two attached hydrogens (primary N) is 1. The Morgan fingerprint density at radius 2 is 2.50 bits per heavy atom. The van der Waals surface area contributed by atoms with Gasteiger partial charge in [-0.2, -0.15) is 0 Å². The molecule has 3 nitrogen and oxygen atoms in total. The summed E-state index contributed by atoms with van der Waals surface area (Å²) in [6.45, 7) is 1.54. The molecule has 0 saturated carbocycles. The van der Waals surface area contributed by atoms with Gasteiger partial charge in [-0.05, 0) is 12.8 Å². The maximum atomic E-state index is 11.0. The Balaban J connectivity index is 2.31. The number of ketones is 1. The quantitative estimate of drug-likeness (QED) is 0.589. The van der Waals surface area contributed by atoms with Crippen LogP contribution in [0, 0.1) is 5.92 Å². The van der Waals surface area contributed by atoms with E-state index in [1.807, 2.05) is 0 Å². The van der Waals surface area contributed by atoms with Crippen molar-refractivity contribution in [3.05, 3.63) is 0 Å². The lowest BCUT2D eigenvalue weighted by Gasteiger charge is -2.19. The van der Waals surface area contributed by atoms with Crippen LogP contribution in [0.5, 0.6) is 0 Å². The lowest BCUT2D eigenvalue weighted by atomic mass is 9.98. The summed E-state index contributed by atoms with van der Waals surface area (Å²) in [5.41, 5.74) is 5.20.